The summed E-state index contributed by atoms with van der Waals surface area (Å²) in [4.78, 5) is 19.5. The lowest BCUT2D eigenvalue weighted by Gasteiger charge is -2.15. The van der Waals surface area contributed by atoms with Gasteiger partial charge in [0.15, 0.2) is 0 Å². The first-order valence-electron chi connectivity index (χ1n) is 6.73. The highest BCUT2D eigenvalue weighted by Gasteiger charge is 2.23. The van der Waals surface area contributed by atoms with Crippen molar-refractivity contribution in [2.24, 2.45) is 0 Å². The van der Waals surface area contributed by atoms with Crippen LogP contribution in [0.25, 0.3) is 0 Å². The van der Waals surface area contributed by atoms with E-state index in [1.54, 1.807) is 12.3 Å². The van der Waals surface area contributed by atoms with Crippen molar-refractivity contribution in [3.05, 3.63) is 47.4 Å². The van der Waals surface area contributed by atoms with Crippen LogP contribution < -0.4 is 11.1 Å². The Bertz CT molecular complexity index is 687. The topological polar surface area (TPSA) is 90.1 Å². The van der Waals surface area contributed by atoms with Crippen LogP contribution in [0.4, 0.5) is 11.5 Å². The zero-order valence-electron chi connectivity index (χ0n) is 11.7. The van der Waals surface area contributed by atoms with E-state index in [1.807, 2.05) is 18.2 Å². The summed E-state index contributed by atoms with van der Waals surface area (Å²) < 4.78 is 4.63. The molecular formula is C15H16N4O2. The summed E-state index contributed by atoms with van der Waals surface area (Å²) >= 11 is 0. The molecule has 6 heteroatoms. The Labute approximate surface area is 122 Å². The minimum Gasteiger partial charge on any atom is -0.463 e. The van der Waals surface area contributed by atoms with Crippen LogP contribution in [0.3, 0.4) is 0 Å². The number of aromatic nitrogens is 2. The number of carbonyl (C=O) groups excluding carboxylic acids is 1. The Morgan fingerprint density at radius 3 is 3.10 bits per heavy atom. The van der Waals surface area contributed by atoms with Gasteiger partial charge in [-0.3, -0.25) is 0 Å². The Morgan fingerprint density at radius 1 is 1.43 bits per heavy atom. The molecule has 0 radical (unpaired) electrons. The molecule has 0 amide bonds. The van der Waals surface area contributed by atoms with Crippen LogP contribution in [0.15, 0.2) is 30.5 Å². The van der Waals surface area contributed by atoms with E-state index in [0.29, 0.717) is 5.82 Å². The molecule has 0 spiro atoms. The number of esters is 1. The number of hydrogen-bond acceptors (Lipinski definition) is 6. The number of anilines is 2. The zero-order chi connectivity index (χ0) is 14.8. The first-order chi connectivity index (χ1) is 10.2. The van der Waals surface area contributed by atoms with Gasteiger partial charge in [-0.05, 0) is 42.2 Å². The van der Waals surface area contributed by atoms with Gasteiger partial charge >= 0.3 is 5.97 Å². The fraction of sp³-hybridized carbons (Fsp3) is 0.267. The Balaban J connectivity index is 1.81. The lowest BCUT2D eigenvalue weighted by molar-refractivity contribution is 0.0587. The summed E-state index contributed by atoms with van der Waals surface area (Å²) in [6, 6.07) is 7.86. The summed E-state index contributed by atoms with van der Waals surface area (Å²) in [6.07, 6.45) is 3.49. The maximum absolute atomic E-state index is 11.4. The second-order valence-corrected chi connectivity index (χ2v) is 4.95. The van der Waals surface area contributed by atoms with E-state index in [9.17, 15) is 4.79 Å². The highest BCUT2D eigenvalue weighted by atomic mass is 16.5. The average molecular weight is 284 g/mol. The fourth-order valence-electron chi connectivity index (χ4n) is 2.59. The summed E-state index contributed by atoms with van der Waals surface area (Å²) in [5, 5.41) is 3.34. The number of carbonyl (C=O) groups is 1. The Kier molecular flexibility index (Phi) is 3.43. The van der Waals surface area contributed by atoms with Crippen LogP contribution in [0.5, 0.6) is 0 Å². The highest BCUT2D eigenvalue weighted by molar-refractivity contribution is 5.85. The standard InChI is InChI=1S/C15H16N4O2/c1-21-15(20)14-17-7-6-13(19-14)18-12-5-2-9-8-10(16)3-4-11(9)12/h3-4,6-8,12H,2,5,16H2,1H3,(H,17,18,19). The van der Waals surface area contributed by atoms with E-state index in [0.717, 1.165) is 18.5 Å². The molecule has 1 aliphatic carbocycles. The third kappa shape index (κ3) is 2.65. The van der Waals surface area contributed by atoms with Crippen LogP contribution in [-0.4, -0.2) is 23.0 Å². The van der Waals surface area contributed by atoms with Crippen molar-refractivity contribution >= 4 is 17.5 Å². The number of rotatable bonds is 3. The molecule has 3 N–H and O–H groups in total. The van der Waals surface area contributed by atoms with Crippen molar-refractivity contribution in [2.75, 3.05) is 18.2 Å². The molecule has 0 fully saturated rings. The normalized spacial score (nSPS) is 16.3. The summed E-state index contributed by atoms with van der Waals surface area (Å²) in [5.74, 6) is 0.122. The van der Waals surface area contributed by atoms with Gasteiger partial charge < -0.3 is 15.8 Å². The zero-order valence-corrected chi connectivity index (χ0v) is 11.7. The van der Waals surface area contributed by atoms with Crippen molar-refractivity contribution in [1.82, 2.24) is 9.97 Å². The molecule has 1 aromatic heterocycles. The van der Waals surface area contributed by atoms with Crippen molar-refractivity contribution in [3.8, 4) is 0 Å². The van der Waals surface area contributed by atoms with Gasteiger partial charge in [-0.25, -0.2) is 14.8 Å². The van der Waals surface area contributed by atoms with Gasteiger partial charge in [-0.1, -0.05) is 6.07 Å². The molecule has 1 aromatic carbocycles. The SMILES string of the molecule is COC(=O)c1nccc(NC2CCc3cc(N)ccc32)n1. The molecule has 6 nitrogen and oxygen atoms in total. The molecular weight excluding hydrogens is 268 g/mol. The molecule has 1 unspecified atom stereocenters. The van der Waals surface area contributed by atoms with E-state index in [4.69, 9.17) is 5.73 Å². The van der Waals surface area contributed by atoms with Crippen LogP contribution in [0.1, 0.15) is 34.2 Å². The summed E-state index contributed by atoms with van der Waals surface area (Å²) in [5.41, 5.74) is 9.07. The fourth-order valence-corrected chi connectivity index (χ4v) is 2.59. The van der Waals surface area contributed by atoms with Crippen molar-refractivity contribution < 1.29 is 9.53 Å². The minimum absolute atomic E-state index is 0.0537. The second kappa shape index (κ2) is 5.40. The van der Waals surface area contributed by atoms with E-state index < -0.39 is 5.97 Å². The predicted octanol–water partition coefficient (Wildman–Crippen LogP) is 1.94. The quantitative estimate of drug-likeness (QED) is 0.661. The predicted molar refractivity (Wildman–Crippen MR) is 78.9 cm³/mol. The van der Waals surface area contributed by atoms with Gasteiger partial charge in [-0.2, -0.15) is 0 Å². The molecule has 1 atom stereocenters. The third-order valence-electron chi connectivity index (χ3n) is 3.59. The number of benzene rings is 1. The first kappa shape index (κ1) is 13.4. The lowest BCUT2D eigenvalue weighted by Crippen LogP contribution is -2.12. The van der Waals surface area contributed by atoms with Crippen LogP contribution >= 0.6 is 0 Å². The minimum atomic E-state index is -0.543. The average Bonchev–Trinajstić information content (AvgIpc) is 2.89. The van der Waals surface area contributed by atoms with Gasteiger partial charge in [0, 0.05) is 11.9 Å². The monoisotopic (exact) mass is 284 g/mol. The van der Waals surface area contributed by atoms with Gasteiger partial charge in [0.1, 0.15) is 5.82 Å². The van der Waals surface area contributed by atoms with Crippen LogP contribution in [0.2, 0.25) is 0 Å². The van der Waals surface area contributed by atoms with E-state index in [1.165, 1.54) is 18.2 Å². The molecule has 21 heavy (non-hydrogen) atoms. The van der Waals surface area contributed by atoms with Gasteiger partial charge in [0.2, 0.25) is 5.82 Å². The molecule has 108 valence electrons. The number of aryl methyl sites for hydroxylation is 1. The van der Waals surface area contributed by atoms with Gasteiger partial charge in [0.25, 0.3) is 0 Å². The van der Waals surface area contributed by atoms with Crippen LogP contribution in [0, 0.1) is 0 Å². The largest absolute Gasteiger partial charge is 0.463 e. The number of nitrogens with one attached hydrogen (secondary N) is 1. The number of nitrogens with zero attached hydrogens (tertiary/aromatic N) is 2. The van der Waals surface area contributed by atoms with E-state index >= 15 is 0 Å². The maximum atomic E-state index is 11.4. The molecule has 1 heterocycles. The van der Waals surface area contributed by atoms with E-state index in [2.05, 4.69) is 20.0 Å². The van der Waals surface area contributed by atoms with Crippen molar-refractivity contribution in [2.45, 2.75) is 18.9 Å². The number of ether oxygens (including phenoxy) is 1. The Morgan fingerprint density at radius 2 is 2.29 bits per heavy atom. The molecule has 0 bridgehead atoms. The number of nitrogen functional groups attached to an aromatic ring is 1. The third-order valence-corrected chi connectivity index (χ3v) is 3.59. The van der Waals surface area contributed by atoms with Crippen molar-refractivity contribution in [1.29, 1.82) is 0 Å². The van der Waals surface area contributed by atoms with Gasteiger partial charge in [-0.15, -0.1) is 0 Å². The number of hydrogen-bond donors (Lipinski definition) is 2. The Hall–Kier alpha value is -2.63. The molecule has 3 rings (SSSR count). The lowest BCUT2D eigenvalue weighted by atomic mass is 10.1. The molecule has 0 aliphatic heterocycles. The second-order valence-electron chi connectivity index (χ2n) is 4.95. The number of nitrogens with two attached hydrogens (primary N) is 1. The molecule has 1 aliphatic rings. The number of methoxy groups -OCH3 is 1. The summed E-state index contributed by atoms with van der Waals surface area (Å²) in [7, 11) is 1.31. The molecule has 2 aromatic rings. The van der Waals surface area contributed by atoms with Gasteiger partial charge in [0.05, 0.1) is 13.2 Å². The highest BCUT2D eigenvalue weighted by Crippen LogP contribution is 2.34. The number of fused-ring (bicyclic) bond motifs is 1. The smallest absolute Gasteiger partial charge is 0.376 e. The van der Waals surface area contributed by atoms with Crippen molar-refractivity contribution in [3.63, 3.8) is 0 Å². The van der Waals surface area contributed by atoms with E-state index in [-0.39, 0.29) is 11.9 Å². The first-order valence-corrected chi connectivity index (χ1v) is 6.73. The molecule has 0 saturated heterocycles. The summed E-state index contributed by atoms with van der Waals surface area (Å²) in [6.45, 7) is 0. The molecule has 0 saturated carbocycles. The van der Waals surface area contributed by atoms with Crippen LogP contribution in [-0.2, 0) is 11.2 Å². The maximum Gasteiger partial charge on any atom is 0.376 e.